The third-order valence-corrected chi connectivity index (χ3v) is 3.67. The predicted molar refractivity (Wildman–Crippen MR) is 63.3 cm³/mol. The Morgan fingerprint density at radius 2 is 2.18 bits per heavy atom. The average molecular weight is 242 g/mol. The Hall–Kier alpha value is -0.650. The second kappa shape index (κ2) is 4.23. The summed E-state index contributed by atoms with van der Waals surface area (Å²) >= 11 is 0. The molecular formula is C12H22N2O3. The molecule has 1 saturated heterocycles. The summed E-state index contributed by atoms with van der Waals surface area (Å²) in [6.45, 7) is 5.30. The maximum atomic E-state index is 12.4. The standard InChI is InChI=1S/C12H22N2O3/c1-11(2)8-14(5-9(6-15)17-11)10(16)12(7-13)3-4-12/h9,15H,3-8,13H2,1-2H3. The van der Waals surface area contributed by atoms with Crippen LogP contribution in [-0.2, 0) is 9.53 Å². The van der Waals surface area contributed by atoms with Crippen LogP contribution in [0.3, 0.4) is 0 Å². The molecule has 0 aromatic rings. The van der Waals surface area contributed by atoms with Crippen LogP contribution in [0.15, 0.2) is 0 Å². The lowest BCUT2D eigenvalue weighted by atomic mass is 10.0. The molecule has 2 aliphatic rings. The first-order valence-electron chi connectivity index (χ1n) is 6.21. The van der Waals surface area contributed by atoms with E-state index in [9.17, 15) is 9.90 Å². The summed E-state index contributed by atoms with van der Waals surface area (Å²) in [4.78, 5) is 14.2. The number of carbonyl (C=O) groups excluding carboxylic acids is 1. The number of hydrogen-bond donors (Lipinski definition) is 2. The number of amides is 1. The zero-order valence-corrected chi connectivity index (χ0v) is 10.6. The van der Waals surface area contributed by atoms with Crippen LogP contribution >= 0.6 is 0 Å². The third-order valence-electron chi connectivity index (χ3n) is 3.67. The fraction of sp³-hybridized carbons (Fsp3) is 0.917. The molecule has 1 aliphatic heterocycles. The molecule has 1 heterocycles. The Bertz CT molecular complexity index is 313. The number of hydrogen-bond acceptors (Lipinski definition) is 4. The Kier molecular flexibility index (Phi) is 3.18. The molecule has 1 aliphatic carbocycles. The molecule has 17 heavy (non-hydrogen) atoms. The zero-order chi connectivity index (χ0) is 12.7. The van der Waals surface area contributed by atoms with E-state index in [2.05, 4.69) is 0 Å². The highest BCUT2D eigenvalue weighted by atomic mass is 16.5. The second-order valence-electron chi connectivity index (χ2n) is 5.85. The maximum Gasteiger partial charge on any atom is 0.230 e. The van der Waals surface area contributed by atoms with Crippen LogP contribution < -0.4 is 5.73 Å². The van der Waals surface area contributed by atoms with Crippen molar-refractivity contribution in [1.82, 2.24) is 4.90 Å². The van der Waals surface area contributed by atoms with Crippen LogP contribution in [0.1, 0.15) is 26.7 Å². The Balaban J connectivity index is 2.07. The molecular weight excluding hydrogens is 220 g/mol. The average Bonchev–Trinajstić information content (AvgIpc) is 3.06. The summed E-state index contributed by atoms with van der Waals surface area (Å²) in [6.07, 6.45) is 1.50. The minimum Gasteiger partial charge on any atom is -0.394 e. The fourth-order valence-electron chi connectivity index (χ4n) is 2.54. The van der Waals surface area contributed by atoms with E-state index in [1.54, 1.807) is 0 Å². The number of ether oxygens (including phenoxy) is 1. The van der Waals surface area contributed by atoms with Gasteiger partial charge in [-0.25, -0.2) is 0 Å². The van der Waals surface area contributed by atoms with E-state index in [1.807, 2.05) is 18.7 Å². The number of morpholine rings is 1. The number of carbonyl (C=O) groups is 1. The highest BCUT2D eigenvalue weighted by molar-refractivity contribution is 5.85. The minimum absolute atomic E-state index is 0.0527. The normalized spacial score (nSPS) is 30.1. The topological polar surface area (TPSA) is 75.8 Å². The van der Waals surface area contributed by atoms with Crippen molar-refractivity contribution in [2.45, 2.75) is 38.4 Å². The lowest BCUT2D eigenvalue weighted by molar-refractivity contribution is -0.170. The van der Waals surface area contributed by atoms with Gasteiger partial charge in [-0.15, -0.1) is 0 Å². The van der Waals surface area contributed by atoms with Crippen molar-refractivity contribution in [3.63, 3.8) is 0 Å². The molecule has 0 aromatic heterocycles. The van der Waals surface area contributed by atoms with Gasteiger partial charge in [-0.1, -0.05) is 0 Å². The molecule has 1 atom stereocenters. The number of nitrogens with two attached hydrogens (primary N) is 1. The SMILES string of the molecule is CC1(C)CN(C(=O)C2(CN)CC2)CC(CO)O1. The maximum absolute atomic E-state index is 12.4. The molecule has 1 amide bonds. The van der Waals surface area contributed by atoms with E-state index < -0.39 is 5.60 Å². The Morgan fingerprint density at radius 1 is 1.53 bits per heavy atom. The first kappa shape index (κ1) is 12.8. The van der Waals surface area contributed by atoms with Crippen molar-refractivity contribution in [3.05, 3.63) is 0 Å². The molecule has 0 bridgehead atoms. The fourth-order valence-corrected chi connectivity index (χ4v) is 2.54. The molecule has 2 rings (SSSR count). The predicted octanol–water partition coefficient (Wildman–Crippen LogP) is -0.276. The molecule has 0 aromatic carbocycles. The molecule has 0 radical (unpaired) electrons. The zero-order valence-electron chi connectivity index (χ0n) is 10.6. The van der Waals surface area contributed by atoms with E-state index in [1.165, 1.54) is 0 Å². The lowest BCUT2D eigenvalue weighted by Gasteiger charge is -2.43. The smallest absolute Gasteiger partial charge is 0.230 e. The first-order valence-corrected chi connectivity index (χ1v) is 6.21. The largest absolute Gasteiger partial charge is 0.394 e. The molecule has 2 fully saturated rings. The van der Waals surface area contributed by atoms with E-state index in [0.717, 1.165) is 12.8 Å². The van der Waals surface area contributed by atoms with Crippen molar-refractivity contribution >= 4 is 5.91 Å². The van der Waals surface area contributed by atoms with Gasteiger partial charge >= 0.3 is 0 Å². The second-order valence-corrected chi connectivity index (χ2v) is 5.85. The highest BCUT2D eigenvalue weighted by Crippen LogP contribution is 2.46. The summed E-state index contributed by atoms with van der Waals surface area (Å²) in [5.74, 6) is 0.134. The molecule has 1 unspecified atom stereocenters. The van der Waals surface area contributed by atoms with Gasteiger partial charge in [0.2, 0.25) is 5.91 Å². The molecule has 1 saturated carbocycles. The summed E-state index contributed by atoms with van der Waals surface area (Å²) in [5, 5.41) is 9.21. The van der Waals surface area contributed by atoms with Crippen molar-refractivity contribution < 1.29 is 14.6 Å². The third kappa shape index (κ3) is 2.46. The molecule has 98 valence electrons. The summed E-state index contributed by atoms with van der Waals surface area (Å²) in [6, 6.07) is 0. The van der Waals surface area contributed by atoms with Gasteiger partial charge in [-0.05, 0) is 26.7 Å². The van der Waals surface area contributed by atoms with Gasteiger partial charge in [0.1, 0.15) is 0 Å². The number of rotatable bonds is 3. The van der Waals surface area contributed by atoms with E-state index in [-0.39, 0.29) is 24.0 Å². The lowest BCUT2D eigenvalue weighted by Crippen LogP contribution is -2.57. The number of nitrogens with zero attached hydrogens (tertiary/aromatic N) is 1. The Morgan fingerprint density at radius 3 is 2.65 bits per heavy atom. The molecule has 3 N–H and O–H groups in total. The van der Waals surface area contributed by atoms with Crippen molar-refractivity contribution in [3.8, 4) is 0 Å². The van der Waals surface area contributed by atoms with Crippen LogP contribution in [0.4, 0.5) is 0 Å². The number of aliphatic hydroxyl groups is 1. The van der Waals surface area contributed by atoms with Gasteiger partial charge < -0.3 is 20.5 Å². The van der Waals surface area contributed by atoms with Crippen molar-refractivity contribution in [1.29, 1.82) is 0 Å². The van der Waals surface area contributed by atoms with E-state index >= 15 is 0 Å². The summed E-state index contributed by atoms with van der Waals surface area (Å²) in [5.41, 5.74) is 4.97. The first-order chi connectivity index (χ1) is 7.92. The monoisotopic (exact) mass is 242 g/mol. The van der Waals surface area contributed by atoms with Gasteiger partial charge in [-0.2, -0.15) is 0 Å². The van der Waals surface area contributed by atoms with Crippen molar-refractivity contribution in [2.75, 3.05) is 26.2 Å². The van der Waals surface area contributed by atoms with Crippen LogP contribution in [-0.4, -0.2) is 53.9 Å². The summed E-state index contributed by atoms with van der Waals surface area (Å²) < 4.78 is 5.69. The van der Waals surface area contributed by atoms with Crippen LogP contribution in [0, 0.1) is 5.41 Å². The minimum atomic E-state index is -0.397. The molecule has 5 nitrogen and oxygen atoms in total. The van der Waals surface area contributed by atoms with Gasteiger partial charge in [0.15, 0.2) is 0 Å². The van der Waals surface area contributed by atoms with Crippen LogP contribution in [0.2, 0.25) is 0 Å². The van der Waals surface area contributed by atoms with Crippen LogP contribution in [0.25, 0.3) is 0 Å². The molecule has 0 spiro atoms. The van der Waals surface area contributed by atoms with Gasteiger partial charge in [-0.3, -0.25) is 4.79 Å². The van der Waals surface area contributed by atoms with Gasteiger partial charge in [0.25, 0.3) is 0 Å². The number of aliphatic hydroxyl groups excluding tert-OH is 1. The molecule has 5 heteroatoms. The van der Waals surface area contributed by atoms with Crippen molar-refractivity contribution in [2.24, 2.45) is 11.1 Å². The van der Waals surface area contributed by atoms with E-state index in [4.69, 9.17) is 10.5 Å². The van der Waals surface area contributed by atoms with Gasteiger partial charge in [0.05, 0.1) is 23.7 Å². The summed E-state index contributed by atoms with van der Waals surface area (Å²) in [7, 11) is 0. The quantitative estimate of drug-likeness (QED) is 0.714. The highest BCUT2D eigenvalue weighted by Gasteiger charge is 2.52. The van der Waals surface area contributed by atoms with E-state index in [0.29, 0.717) is 19.6 Å². The Labute approximate surface area is 102 Å². The van der Waals surface area contributed by atoms with Gasteiger partial charge in [0, 0.05) is 19.6 Å². The van der Waals surface area contributed by atoms with Crippen LogP contribution in [0.5, 0.6) is 0 Å².